The van der Waals surface area contributed by atoms with Gasteiger partial charge >= 0.3 is 0 Å². The number of methoxy groups -OCH3 is 1. The van der Waals surface area contributed by atoms with Crippen LogP contribution in [0.3, 0.4) is 0 Å². The Morgan fingerprint density at radius 1 is 1.24 bits per heavy atom. The summed E-state index contributed by atoms with van der Waals surface area (Å²) in [5.41, 5.74) is 3.92. The third-order valence-electron chi connectivity index (χ3n) is 3.69. The maximum Gasteiger partial charge on any atom is 0.248 e. The van der Waals surface area contributed by atoms with Gasteiger partial charge < -0.3 is 15.0 Å². The van der Waals surface area contributed by atoms with Crippen LogP contribution in [0.4, 0.5) is 5.69 Å². The lowest BCUT2D eigenvalue weighted by Crippen LogP contribution is -2.07. The standard InChI is InChI=1S/C20H19N3O2/c1-25-19-4-2-3-17(12-19)23-20(24)10-9-15-5-7-16(8-6-15)11-18-13-21-14-22-18/h2-10,12-14H,11H2,1H3,(H,21,22)(H,23,24)/b10-9+. The number of imidazole rings is 1. The van der Waals surface area contributed by atoms with Gasteiger partial charge in [0.25, 0.3) is 0 Å². The van der Waals surface area contributed by atoms with Crippen LogP contribution >= 0.6 is 0 Å². The Morgan fingerprint density at radius 3 is 2.80 bits per heavy atom. The Hall–Kier alpha value is -3.34. The average Bonchev–Trinajstić information content (AvgIpc) is 3.14. The Morgan fingerprint density at radius 2 is 2.08 bits per heavy atom. The highest BCUT2D eigenvalue weighted by molar-refractivity contribution is 6.02. The van der Waals surface area contributed by atoms with Crippen molar-refractivity contribution in [1.82, 2.24) is 9.97 Å². The predicted octanol–water partition coefficient (Wildman–Crippen LogP) is 3.66. The fraction of sp³-hybridized carbons (Fsp3) is 0.100. The number of nitrogens with zero attached hydrogens (tertiary/aromatic N) is 1. The summed E-state index contributed by atoms with van der Waals surface area (Å²) in [6.45, 7) is 0. The maximum atomic E-state index is 12.0. The molecule has 126 valence electrons. The molecule has 5 nitrogen and oxygen atoms in total. The predicted molar refractivity (Wildman–Crippen MR) is 98.5 cm³/mol. The molecule has 25 heavy (non-hydrogen) atoms. The van der Waals surface area contributed by atoms with Crippen molar-refractivity contribution in [3.05, 3.63) is 84.0 Å². The number of H-pyrrole nitrogens is 1. The van der Waals surface area contributed by atoms with Gasteiger partial charge in [0.1, 0.15) is 5.75 Å². The van der Waals surface area contributed by atoms with Gasteiger partial charge in [-0.15, -0.1) is 0 Å². The lowest BCUT2D eigenvalue weighted by atomic mass is 10.1. The van der Waals surface area contributed by atoms with E-state index in [9.17, 15) is 4.79 Å². The molecule has 3 rings (SSSR count). The van der Waals surface area contributed by atoms with Gasteiger partial charge in [0.05, 0.1) is 13.4 Å². The molecule has 0 atom stereocenters. The highest BCUT2D eigenvalue weighted by atomic mass is 16.5. The molecule has 1 amide bonds. The van der Waals surface area contributed by atoms with Crippen molar-refractivity contribution in [2.75, 3.05) is 12.4 Å². The minimum atomic E-state index is -0.185. The van der Waals surface area contributed by atoms with E-state index in [1.165, 1.54) is 11.6 Å². The SMILES string of the molecule is COc1cccc(NC(=O)/C=C/c2ccc(Cc3cnc[nH]3)cc2)c1. The summed E-state index contributed by atoms with van der Waals surface area (Å²) in [4.78, 5) is 19.1. The molecule has 2 N–H and O–H groups in total. The summed E-state index contributed by atoms with van der Waals surface area (Å²) in [5.74, 6) is 0.518. The molecule has 0 aliphatic carbocycles. The molecule has 0 aliphatic heterocycles. The van der Waals surface area contributed by atoms with Gasteiger partial charge in [-0.05, 0) is 29.3 Å². The summed E-state index contributed by atoms with van der Waals surface area (Å²) >= 11 is 0. The zero-order chi connectivity index (χ0) is 17.5. The zero-order valence-corrected chi connectivity index (χ0v) is 13.9. The van der Waals surface area contributed by atoms with E-state index in [0.29, 0.717) is 11.4 Å². The van der Waals surface area contributed by atoms with Gasteiger partial charge in [-0.25, -0.2) is 4.98 Å². The van der Waals surface area contributed by atoms with Crippen molar-refractivity contribution in [2.45, 2.75) is 6.42 Å². The van der Waals surface area contributed by atoms with Crippen LogP contribution in [0.2, 0.25) is 0 Å². The van der Waals surface area contributed by atoms with Crippen molar-refractivity contribution < 1.29 is 9.53 Å². The molecule has 1 aromatic heterocycles. The summed E-state index contributed by atoms with van der Waals surface area (Å²) in [5, 5.41) is 2.81. The molecule has 1 heterocycles. The number of carbonyl (C=O) groups excluding carboxylic acids is 1. The number of nitrogens with one attached hydrogen (secondary N) is 2. The molecular weight excluding hydrogens is 314 g/mol. The highest BCUT2D eigenvalue weighted by Crippen LogP contribution is 2.16. The number of anilines is 1. The van der Waals surface area contributed by atoms with Gasteiger partial charge in [-0.3, -0.25) is 4.79 Å². The summed E-state index contributed by atoms with van der Waals surface area (Å²) < 4.78 is 5.14. The Kier molecular flexibility index (Phi) is 5.26. The minimum Gasteiger partial charge on any atom is -0.497 e. The first-order valence-electron chi connectivity index (χ1n) is 7.92. The van der Waals surface area contributed by atoms with E-state index >= 15 is 0 Å². The molecule has 0 spiro atoms. The van der Waals surface area contributed by atoms with Crippen molar-refractivity contribution in [1.29, 1.82) is 0 Å². The highest BCUT2D eigenvalue weighted by Gasteiger charge is 2.00. The molecule has 3 aromatic rings. The van der Waals surface area contributed by atoms with Crippen LogP contribution in [0.15, 0.2) is 67.1 Å². The molecule has 2 aromatic carbocycles. The second kappa shape index (κ2) is 7.97. The molecule has 0 unspecified atom stereocenters. The van der Waals surface area contributed by atoms with E-state index in [0.717, 1.165) is 17.7 Å². The number of amides is 1. The second-order valence-corrected chi connectivity index (χ2v) is 5.55. The largest absolute Gasteiger partial charge is 0.497 e. The number of hydrogen-bond acceptors (Lipinski definition) is 3. The van der Waals surface area contributed by atoms with Gasteiger partial charge in [-0.2, -0.15) is 0 Å². The summed E-state index contributed by atoms with van der Waals surface area (Å²) in [6.07, 6.45) is 7.60. The monoisotopic (exact) mass is 333 g/mol. The van der Waals surface area contributed by atoms with E-state index in [-0.39, 0.29) is 5.91 Å². The Labute approximate surface area is 146 Å². The molecule has 0 saturated carbocycles. The third kappa shape index (κ3) is 4.81. The van der Waals surface area contributed by atoms with Crippen LogP contribution in [-0.4, -0.2) is 23.0 Å². The van der Waals surface area contributed by atoms with E-state index < -0.39 is 0 Å². The number of aromatic nitrogens is 2. The lowest BCUT2D eigenvalue weighted by molar-refractivity contribution is -0.111. The molecule has 0 saturated heterocycles. The number of carbonyl (C=O) groups is 1. The van der Waals surface area contributed by atoms with Crippen LogP contribution in [0, 0.1) is 0 Å². The zero-order valence-electron chi connectivity index (χ0n) is 13.9. The van der Waals surface area contributed by atoms with Crippen LogP contribution in [-0.2, 0) is 11.2 Å². The number of benzene rings is 2. The number of hydrogen-bond donors (Lipinski definition) is 2. The molecule has 0 aliphatic rings. The van der Waals surface area contributed by atoms with Crippen molar-refractivity contribution in [3.63, 3.8) is 0 Å². The fourth-order valence-electron chi connectivity index (χ4n) is 2.40. The van der Waals surface area contributed by atoms with Gasteiger partial charge in [-0.1, -0.05) is 30.3 Å². The van der Waals surface area contributed by atoms with Gasteiger partial charge in [0.15, 0.2) is 0 Å². The van der Waals surface area contributed by atoms with Crippen molar-refractivity contribution >= 4 is 17.7 Å². The smallest absolute Gasteiger partial charge is 0.248 e. The van der Waals surface area contributed by atoms with Crippen molar-refractivity contribution in [3.8, 4) is 5.75 Å². The molecule has 0 bridgehead atoms. The molecular formula is C20H19N3O2. The van der Waals surface area contributed by atoms with Crippen LogP contribution in [0.5, 0.6) is 5.75 Å². The average molecular weight is 333 g/mol. The first-order valence-corrected chi connectivity index (χ1v) is 7.92. The first kappa shape index (κ1) is 16.5. The number of aromatic amines is 1. The minimum absolute atomic E-state index is 0.185. The Balaban J connectivity index is 1.58. The van der Waals surface area contributed by atoms with Crippen LogP contribution < -0.4 is 10.1 Å². The summed E-state index contributed by atoms with van der Waals surface area (Å²) in [7, 11) is 1.59. The van der Waals surface area contributed by atoms with E-state index in [4.69, 9.17) is 4.74 Å². The first-order chi connectivity index (χ1) is 12.2. The fourth-order valence-corrected chi connectivity index (χ4v) is 2.40. The number of rotatable bonds is 6. The molecule has 5 heteroatoms. The molecule has 0 fully saturated rings. The third-order valence-corrected chi connectivity index (χ3v) is 3.69. The van der Waals surface area contributed by atoms with Crippen LogP contribution in [0.25, 0.3) is 6.08 Å². The van der Waals surface area contributed by atoms with Crippen LogP contribution in [0.1, 0.15) is 16.8 Å². The summed E-state index contributed by atoms with van der Waals surface area (Å²) in [6, 6.07) is 15.3. The van der Waals surface area contributed by atoms with Gasteiger partial charge in [0, 0.05) is 36.1 Å². The van der Waals surface area contributed by atoms with E-state index in [1.54, 1.807) is 25.6 Å². The van der Waals surface area contributed by atoms with E-state index in [2.05, 4.69) is 15.3 Å². The Bertz CT molecular complexity index is 853. The maximum absolute atomic E-state index is 12.0. The number of ether oxygens (including phenoxy) is 1. The van der Waals surface area contributed by atoms with E-state index in [1.807, 2.05) is 48.7 Å². The van der Waals surface area contributed by atoms with Crippen molar-refractivity contribution in [2.24, 2.45) is 0 Å². The lowest BCUT2D eigenvalue weighted by Gasteiger charge is -2.04. The van der Waals surface area contributed by atoms with Gasteiger partial charge in [0.2, 0.25) is 5.91 Å². The second-order valence-electron chi connectivity index (χ2n) is 5.55. The molecule has 0 radical (unpaired) electrons. The topological polar surface area (TPSA) is 67.0 Å². The quantitative estimate of drug-likeness (QED) is 0.677. The normalized spacial score (nSPS) is 10.8.